The van der Waals surface area contributed by atoms with Gasteiger partial charge in [-0.3, -0.25) is 0 Å². The second-order valence-corrected chi connectivity index (χ2v) is 8.01. The van der Waals surface area contributed by atoms with Crippen LogP contribution >= 0.6 is 0 Å². The summed E-state index contributed by atoms with van der Waals surface area (Å²) in [5, 5.41) is 3.48. The molecule has 0 aromatic heterocycles. The van der Waals surface area contributed by atoms with Crippen LogP contribution in [0.25, 0.3) is 0 Å². The third-order valence-corrected chi connectivity index (χ3v) is 5.40. The first-order valence-electron chi connectivity index (χ1n) is 7.85. The normalized spacial score (nSPS) is 23.1. The Hall–Kier alpha value is -0.170. The zero-order valence-electron chi connectivity index (χ0n) is 13.4. The molecule has 0 saturated carbocycles. The maximum absolute atomic E-state index is 12.3. The van der Waals surface area contributed by atoms with Gasteiger partial charge in [0.05, 0.1) is 0 Å². The summed E-state index contributed by atoms with van der Waals surface area (Å²) in [4.78, 5) is 0. The summed E-state index contributed by atoms with van der Waals surface area (Å²) in [6.45, 7) is 11.1. The summed E-state index contributed by atoms with van der Waals surface area (Å²) in [6.07, 6.45) is 3.16. The van der Waals surface area contributed by atoms with Gasteiger partial charge in [-0.25, -0.2) is 4.72 Å². The van der Waals surface area contributed by atoms with Crippen LogP contribution in [0.4, 0.5) is 0 Å². The van der Waals surface area contributed by atoms with Gasteiger partial charge in [-0.2, -0.15) is 12.7 Å². The molecule has 1 aliphatic rings. The van der Waals surface area contributed by atoms with Crippen molar-refractivity contribution in [3.05, 3.63) is 0 Å². The van der Waals surface area contributed by atoms with Crippen LogP contribution < -0.4 is 10.0 Å². The fraction of sp³-hybridized carbons (Fsp3) is 1.00. The van der Waals surface area contributed by atoms with E-state index in [2.05, 4.69) is 23.9 Å². The molecule has 120 valence electrons. The fourth-order valence-corrected chi connectivity index (χ4v) is 3.99. The summed E-state index contributed by atoms with van der Waals surface area (Å²) in [6, 6.07) is 0.373. The first kappa shape index (κ1) is 17.9. The molecule has 0 radical (unpaired) electrons. The minimum absolute atomic E-state index is 0.329. The molecule has 0 aliphatic carbocycles. The smallest absolute Gasteiger partial charge is 0.279 e. The van der Waals surface area contributed by atoms with Crippen molar-refractivity contribution in [2.24, 2.45) is 11.8 Å². The fourth-order valence-electron chi connectivity index (χ4n) is 2.50. The number of nitrogens with one attached hydrogen (secondary N) is 2. The van der Waals surface area contributed by atoms with Crippen LogP contribution in [0.2, 0.25) is 0 Å². The predicted molar refractivity (Wildman–Crippen MR) is 83.8 cm³/mol. The molecule has 1 fully saturated rings. The van der Waals surface area contributed by atoms with Gasteiger partial charge in [-0.05, 0) is 44.6 Å². The van der Waals surface area contributed by atoms with E-state index in [1.807, 2.05) is 13.8 Å². The van der Waals surface area contributed by atoms with E-state index in [9.17, 15) is 8.42 Å². The summed E-state index contributed by atoms with van der Waals surface area (Å²) >= 11 is 0. The molecular weight excluding hydrogens is 274 g/mol. The van der Waals surface area contributed by atoms with Crippen molar-refractivity contribution in [2.45, 2.75) is 53.0 Å². The predicted octanol–water partition coefficient (Wildman–Crippen LogP) is 1.58. The summed E-state index contributed by atoms with van der Waals surface area (Å²) in [7, 11) is -3.31. The van der Waals surface area contributed by atoms with Crippen molar-refractivity contribution in [2.75, 3.05) is 26.2 Å². The third-order valence-electron chi connectivity index (χ3n) is 3.86. The van der Waals surface area contributed by atoms with Gasteiger partial charge >= 0.3 is 0 Å². The van der Waals surface area contributed by atoms with Gasteiger partial charge in [0.15, 0.2) is 0 Å². The van der Waals surface area contributed by atoms with Gasteiger partial charge in [0.25, 0.3) is 10.2 Å². The SMILES string of the molecule is CCCNC(C)C1CCCN(S(=O)(=O)NCC(C)C)C1. The second kappa shape index (κ2) is 8.32. The molecule has 5 nitrogen and oxygen atoms in total. The highest BCUT2D eigenvalue weighted by atomic mass is 32.2. The lowest BCUT2D eigenvalue weighted by Gasteiger charge is -2.35. The van der Waals surface area contributed by atoms with Gasteiger partial charge in [0.2, 0.25) is 0 Å². The largest absolute Gasteiger partial charge is 0.314 e. The highest BCUT2D eigenvalue weighted by Crippen LogP contribution is 2.21. The molecule has 0 aromatic carbocycles. The summed E-state index contributed by atoms with van der Waals surface area (Å²) in [5.74, 6) is 0.737. The van der Waals surface area contributed by atoms with Gasteiger partial charge in [-0.1, -0.05) is 20.8 Å². The maximum Gasteiger partial charge on any atom is 0.279 e. The molecule has 6 heteroatoms. The Labute approximate surface area is 124 Å². The lowest BCUT2D eigenvalue weighted by atomic mass is 9.93. The standard InChI is InChI=1S/C14H31N3O2S/c1-5-8-15-13(4)14-7-6-9-17(11-14)20(18,19)16-10-12(2)3/h12-16H,5-11H2,1-4H3. The lowest BCUT2D eigenvalue weighted by molar-refractivity contribution is 0.222. The first-order chi connectivity index (χ1) is 9.36. The van der Waals surface area contributed by atoms with E-state index >= 15 is 0 Å². The van der Waals surface area contributed by atoms with Crippen LogP contribution in [0.1, 0.15) is 47.0 Å². The van der Waals surface area contributed by atoms with E-state index in [0.29, 0.717) is 37.5 Å². The molecule has 0 spiro atoms. The highest BCUT2D eigenvalue weighted by molar-refractivity contribution is 7.87. The van der Waals surface area contributed by atoms with Gasteiger partial charge in [-0.15, -0.1) is 0 Å². The monoisotopic (exact) mass is 305 g/mol. The molecule has 2 atom stereocenters. The van der Waals surface area contributed by atoms with Crippen molar-refractivity contribution in [1.82, 2.24) is 14.3 Å². The topological polar surface area (TPSA) is 61.4 Å². The average Bonchev–Trinajstić information content (AvgIpc) is 2.43. The Morgan fingerprint density at radius 3 is 2.60 bits per heavy atom. The van der Waals surface area contributed by atoms with E-state index in [1.165, 1.54) is 0 Å². The zero-order valence-corrected chi connectivity index (χ0v) is 14.2. The Balaban J connectivity index is 2.55. The van der Waals surface area contributed by atoms with Crippen molar-refractivity contribution >= 4 is 10.2 Å². The number of piperidine rings is 1. The van der Waals surface area contributed by atoms with Crippen LogP contribution in [-0.2, 0) is 10.2 Å². The molecule has 1 heterocycles. The maximum atomic E-state index is 12.3. The number of hydrogen-bond donors (Lipinski definition) is 2. The molecule has 2 N–H and O–H groups in total. The Morgan fingerprint density at radius 2 is 2.00 bits per heavy atom. The minimum Gasteiger partial charge on any atom is -0.314 e. The quantitative estimate of drug-likeness (QED) is 0.716. The molecule has 1 aliphatic heterocycles. The van der Waals surface area contributed by atoms with Gasteiger partial charge < -0.3 is 5.32 Å². The molecule has 0 amide bonds. The number of rotatable bonds is 8. The van der Waals surface area contributed by atoms with Crippen LogP contribution in [0.3, 0.4) is 0 Å². The van der Waals surface area contributed by atoms with Crippen molar-refractivity contribution < 1.29 is 8.42 Å². The first-order valence-corrected chi connectivity index (χ1v) is 9.29. The summed E-state index contributed by atoms with van der Waals surface area (Å²) in [5.41, 5.74) is 0. The van der Waals surface area contributed by atoms with E-state index in [4.69, 9.17) is 0 Å². The second-order valence-electron chi connectivity index (χ2n) is 6.25. The molecule has 0 bridgehead atoms. The molecule has 1 rings (SSSR count). The van der Waals surface area contributed by atoms with Crippen molar-refractivity contribution in [3.8, 4) is 0 Å². The molecule has 0 aromatic rings. The summed E-state index contributed by atoms with van der Waals surface area (Å²) < 4.78 is 28.9. The Bertz CT molecular complexity index is 371. The Kier molecular flexibility index (Phi) is 7.43. The van der Waals surface area contributed by atoms with Gasteiger partial charge in [0.1, 0.15) is 0 Å². The van der Waals surface area contributed by atoms with Crippen molar-refractivity contribution in [1.29, 1.82) is 0 Å². The van der Waals surface area contributed by atoms with E-state index in [1.54, 1.807) is 4.31 Å². The van der Waals surface area contributed by atoms with Crippen molar-refractivity contribution in [3.63, 3.8) is 0 Å². The van der Waals surface area contributed by atoms with E-state index < -0.39 is 10.2 Å². The van der Waals surface area contributed by atoms with Crippen LogP contribution in [0, 0.1) is 11.8 Å². The number of nitrogens with zero attached hydrogens (tertiary/aromatic N) is 1. The lowest BCUT2D eigenvalue weighted by Crippen LogP contribution is -2.50. The molecule has 20 heavy (non-hydrogen) atoms. The van der Waals surface area contributed by atoms with Crippen LogP contribution in [0.5, 0.6) is 0 Å². The number of hydrogen-bond acceptors (Lipinski definition) is 3. The molecule has 1 saturated heterocycles. The van der Waals surface area contributed by atoms with E-state index in [-0.39, 0.29) is 0 Å². The van der Waals surface area contributed by atoms with Crippen LogP contribution in [0.15, 0.2) is 0 Å². The average molecular weight is 305 g/mol. The third kappa shape index (κ3) is 5.68. The van der Waals surface area contributed by atoms with E-state index in [0.717, 1.165) is 25.8 Å². The molecular formula is C14H31N3O2S. The minimum atomic E-state index is -3.31. The highest BCUT2D eigenvalue weighted by Gasteiger charge is 2.30. The molecule has 2 unspecified atom stereocenters. The zero-order chi connectivity index (χ0) is 15.2. The Morgan fingerprint density at radius 1 is 1.30 bits per heavy atom. The van der Waals surface area contributed by atoms with Crippen LogP contribution in [-0.4, -0.2) is 44.9 Å². The van der Waals surface area contributed by atoms with Gasteiger partial charge in [0, 0.05) is 25.7 Å².